The molecule has 6 nitrogen and oxygen atoms in total. The van der Waals surface area contributed by atoms with Crippen LogP contribution in [0, 0.1) is 5.92 Å². The second-order valence-electron chi connectivity index (χ2n) is 4.42. The van der Waals surface area contributed by atoms with E-state index in [1.54, 1.807) is 6.20 Å². The van der Waals surface area contributed by atoms with E-state index in [9.17, 15) is 19.8 Å². The van der Waals surface area contributed by atoms with Gasteiger partial charge in [0.05, 0.1) is 12.2 Å². The molecule has 2 rings (SSSR count). The van der Waals surface area contributed by atoms with Crippen molar-refractivity contribution in [3.63, 3.8) is 0 Å². The normalized spacial score (nSPS) is 30.9. The van der Waals surface area contributed by atoms with Crippen LogP contribution in [0.1, 0.15) is 32.7 Å². The summed E-state index contributed by atoms with van der Waals surface area (Å²) < 4.78 is 7.86. The summed E-state index contributed by atoms with van der Waals surface area (Å²) in [6.07, 6.45) is 1.03. The quantitative estimate of drug-likeness (QED) is 0.745. The molecule has 0 radical (unpaired) electrons. The van der Waals surface area contributed by atoms with Crippen LogP contribution in [0.5, 0.6) is 0 Å². The van der Waals surface area contributed by atoms with E-state index in [1.807, 2.05) is 6.92 Å². The van der Waals surface area contributed by atoms with Crippen molar-refractivity contribution in [2.75, 3.05) is 0 Å². The molecule has 0 spiro atoms. The number of carboxylic acids is 1. The van der Waals surface area contributed by atoms with Crippen molar-refractivity contribution in [3.05, 3.63) is 18.2 Å². The first-order chi connectivity index (χ1) is 9.47. The summed E-state index contributed by atoms with van der Waals surface area (Å²) >= 11 is 0.768. The molecule has 0 amide bonds. The number of aliphatic hydroxyl groups is 1. The van der Waals surface area contributed by atoms with Gasteiger partial charge in [0.25, 0.3) is 0 Å². The Balaban J connectivity index is 2.32. The van der Waals surface area contributed by atoms with E-state index in [2.05, 4.69) is 9.97 Å². The lowest BCUT2D eigenvalue weighted by atomic mass is 9.83. The van der Waals surface area contributed by atoms with Gasteiger partial charge in [-0.25, -0.2) is 4.98 Å². The van der Waals surface area contributed by atoms with Gasteiger partial charge in [-0.3, -0.25) is 9.59 Å². The number of rotatable bonds is 5. The lowest BCUT2D eigenvalue weighted by Gasteiger charge is -2.25. The fraction of sp³-hybridized carbons (Fsp3) is 0.583. The molecule has 1 aromatic heterocycles. The zero-order chi connectivity index (χ0) is 14.9. The first-order valence-electron chi connectivity index (χ1n) is 6.57. The average Bonchev–Trinajstić information content (AvgIpc) is 3.00. The molecule has 1 aliphatic heterocycles. The number of carboxylic acid groups (broad SMARTS) is 1. The largest absolute Gasteiger partial charge is 0.481 e. The van der Waals surface area contributed by atoms with E-state index in [4.69, 9.17) is 1.37 Å². The maximum atomic E-state index is 11.6. The lowest BCUT2D eigenvalue weighted by Crippen LogP contribution is -2.31. The number of H-pyrrole nitrogens is 1. The summed E-state index contributed by atoms with van der Waals surface area (Å²) in [5.41, 5.74) is 0.668. The molecule has 1 fully saturated rings. The maximum absolute atomic E-state index is 11.6. The summed E-state index contributed by atoms with van der Waals surface area (Å²) in [5.74, 6) is -2.37. The predicted octanol–water partition coefficient (Wildman–Crippen LogP) is 0.997. The molecule has 19 heavy (non-hydrogen) atoms. The Hall–Kier alpha value is -1.34. The summed E-state index contributed by atoms with van der Waals surface area (Å²) in [6, 6.07) is 0. The summed E-state index contributed by atoms with van der Waals surface area (Å²) in [6.45, 7) is 1.85. The maximum Gasteiger partial charge on any atom is 0.308 e. The minimum Gasteiger partial charge on any atom is -0.481 e. The van der Waals surface area contributed by atoms with E-state index in [1.165, 1.54) is 6.33 Å². The van der Waals surface area contributed by atoms with Crippen LogP contribution in [0.25, 0.3) is 0 Å². The highest BCUT2D eigenvalue weighted by atomic mass is 32.2. The number of aromatic nitrogens is 2. The Morgan fingerprint density at radius 2 is 2.53 bits per heavy atom. The van der Waals surface area contributed by atoms with Crippen molar-refractivity contribution in [1.82, 2.24) is 9.97 Å². The molecule has 0 bridgehead atoms. The first-order valence-corrected chi connectivity index (χ1v) is 6.87. The zero-order valence-electron chi connectivity index (χ0n) is 11.3. The standard InChI is InChI=1S/C12H16N2O4S/c1-2-6(7-4-13-5-14-7)10(11(16)17)9-3-8(15)12(18)19-9/h4-6,8-10,15H,2-3H2,1H3,(H,13,14)(H,16,17)/t6?,8-,9?,10?/m1/s1/i3D/t3-,6?,8+,9?,10?/m0. The monoisotopic (exact) mass is 285 g/mol. The van der Waals surface area contributed by atoms with Gasteiger partial charge in [-0.1, -0.05) is 18.7 Å². The van der Waals surface area contributed by atoms with Gasteiger partial charge in [-0.05, 0) is 12.8 Å². The molecule has 7 heteroatoms. The van der Waals surface area contributed by atoms with E-state index in [0.29, 0.717) is 12.1 Å². The molecular formula is C12H16N2O4S. The number of nitrogens with one attached hydrogen (secondary N) is 1. The number of carbonyl (C=O) groups excluding carboxylic acids is 1. The number of carbonyl (C=O) groups is 2. The SMILES string of the molecule is [2H][C@@H]1C(C(C(=O)O)C(CC)c2cnc[nH]2)SC(=O)[C@@H]1O. The molecule has 104 valence electrons. The van der Waals surface area contributed by atoms with Gasteiger partial charge in [0.2, 0.25) is 5.12 Å². The zero-order valence-corrected chi connectivity index (χ0v) is 11.1. The van der Waals surface area contributed by atoms with E-state index in [0.717, 1.165) is 11.8 Å². The average molecular weight is 285 g/mol. The van der Waals surface area contributed by atoms with Crippen LogP contribution in [0.15, 0.2) is 12.5 Å². The predicted molar refractivity (Wildman–Crippen MR) is 69.8 cm³/mol. The van der Waals surface area contributed by atoms with Crippen molar-refractivity contribution in [2.45, 2.75) is 37.0 Å². The second-order valence-corrected chi connectivity index (χ2v) is 5.61. The third-order valence-corrected chi connectivity index (χ3v) is 4.49. The summed E-state index contributed by atoms with van der Waals surface area (Å²) in [5, 5.41) is 17.8. The van der Waals surface area contributed by atoms with Crippen molar-refractivity contribution >= 4 is 22.8 Å². The number of hydrogen-bond donors (Lipinski definition) is 3. The Bertz CT molecular complexity index is 496. The number of nitrogens with zero attached hydrogens (tertiary/aromatic N) is 1. The molecule has 1 aromatic rings. The van der Waals surface area contributed by atoms with Gasteiger partial charge in [0.15, 0.2) is 0 Å². The minimum atomic E-state index is -1.41. The van der Waals surface area contributed by atoms with Crippen LogP contribution in [0.2, 0.25) is 0 Å². The Morgan fingerprint density at radius 1 is 1.79 bits per heavy atom. The van der Waals surface area contributed by atoms with Crippen LogP contribution in [-0.4, -0.2) is 42.6 Å². The molecule has 0 saturated carbocycles. The van der Waals surface area contributed by atoms with Gasteiger partial charge in [0.1, 0.15) is 6.10 Å². The highest BCUT2D eigenvalue weighted by molar-refractivity contribution is 8.14. The fourth-order valence-electron chi connectivity index (χ4n) is 2.37. The van der Waals surface area contributed by atoms with Crippen LogP contribution in [-0.2, 0) is 9.59 Å². The molecule has 0 aliphatic carbocycles. The summed E-state index contributed by atoms with van der Waals surface area (Å²) in [4.78, 5) is 29.9. The van der Waals surface area contributed by atoms with Crippen LogP contribution >= 0.6 is 11.8 Å². The third kappa shape index (κ3) is 2.82. The number of thioether (sulfide) groups is 1. The van der Waals surface area contributed by atoms with Gasteiger partial charge >= 0.3 is 5.97 Å². The third-order valence-electron chi connectivity index (χ3n) is 3.30. The molecule has 2 heterocycles. The van der Waals surface area contributed by atoms with Crippen molar-refractivity contribution in [1.29, 1.82) is 0 Å². The van der Waals surface area contributed by atoms with E-state index in [-0.39, 0.29) is 5.92 Å². The number of aromatic amines is 1. The van der Waals surface area contributed by atoms with Crippen LogP contribution in [0.4, 0.5) is 0 Å². The second kappa shape index (κ2) is 5.75. The molecule has 5 atom stereocenters. The van der Waals surface area contributed by atoms with Gasteiger partial charge < -0.3 is 15.2 Å². The lowest BCUT2D eigenvalue weighted by molar-refractivity contribution is -0.142. The van der Waals surface area contributed by atoms with E-state index < -0.39 is 34.8 Å². The van der Waals surface area contributed by atoms with E-state index >= 15 is 0 Å². The molecule has 1 aliphatic rings. The Morgan fingerprint density at radius 3 is 2.95 bits per heavy atom. The van der Waals surface area contributed by atoms with Crippen molar-refractivity contribution in [3.8, 4) is 0 Å². The number of aliphatic hydroxyl groups excluding tert-OH is 1. The summed E-state index contributed by atoms with van der Waals surface area (Å²) in [7, 11) is 0. The van der Waals surface area contributed by atoms with Gasteiger partial charge in [-0.15, -0.1) is 0 Å². The van der Waals surface area contributed by atoms with Gasteiger partial charge in [-0.2, -0.15) is 0 Å². The number of aliphatic carboxylic acids is 1. The minimum absolute atomic E-state index is 0.376. The van der Waals surface area contributed by atoms with Crippen LogP contribution in [0.3, 0.4) is 0 Å². The highest BCUT2D eigenvalue weighted by Gasteiger charge is 2.43. The fourth-order valence-corrected chi connectivity index (χ4v) is 3.54. The first kappa shape index (κ1) is 12.7. The Labute approximate surface area is 116 Å². The number of hydrogen-bond acceptors (Lipinski definition) is 5. The molecule has 1 saturated heterocycles. The molecule has 3 unspecified atom stereocenters. The number of imidazole rings is 1. The van der Waals surface area contributed by atoms with Crippen LogP contribution < -0.4 is 0 Å². The smallest absolute Gasteiger partial charge is 0.308 e. The highest BCUT2D eigenvalue weighted by Crippen LogP contribution is 2.41. The molecule has 3 N–H and O–H groups in total. The topological polar surface area (TPSA) is 103 Å². The van der Waals surface area contributed by atoms with Crippen molar-refractivity contribution < 1.29 is 21.2 Å². The molecular weight excluding hydrogens is 268 g/mol. The molecule has 0 aromatic carbocycles. The van der Waals surface area contributed by atoms with Crippen molar-refractivity contribution in [2.24, 2.45) is 5.92 Å². The van der Waals surface area contributed by atoms with Gasteiger partial charge in [0, 0.05) is 24.4 Å². The Kier molecular flexibility index (Phi) is 3.84.